The van der Waals surface area contributed by atoms with Gasteiger partial charge in [-0.05, 0) is 42.4 Å². The summed E-state index contributed by atoms with van der Waals surface area (Å²) in [5.74, 6) is 0.437. The number of likely N-dealkylation sites (tertiary alicyclic amines) is 2. The van der Waals surface area contributed by atoms with Gasteiger partial charge in [-0.2, -0.15) is 0 Å². The lowest BCUT2D eigenvalue weighted by atomic mass is 9.72. The zero-order valence-corrected chi connectivity index (χ0v) is 16.4. The highest BCUT2D eigenvalue weighted by atomic mass is 16.5. The van der Waals surface area contributed by atoms with E-state index in [1.807, 2.05) is 21.9 Å². The quantitative estimate of drug-likeness (QED) is 0.841. The van der Waals surface area contributed by atoms with Crippen molar-refractivity contribution in [3.05, 3.63) is 30.1 Å². The molecule has 0 bridgehead atoms. The largest absolute Gasteiger partial charge is 0.375 e. The van der Waals surface area contributed by atoms with Crippen LogP contribution in [0.15, 0.2) is 24.5 Å². The molecule has 152 valence electrons. The molecular formula is C21H30N4O3. The molecule has 28 heavy (non-hydrogen) atoms. The molecule has 4 rings (SSSR count). The number of carbonyl (C=O) groups excluding carboxylic acids is 2. The molecule has 0 unspecified atom stereocenters. The fourth-order valence-electron chi connectivity index (χ4n) is 4.67. The molecule has 0 aromatic carbocycles. The first kappa shape index (κ1) is 19.3. The minimum Gasteiger partial charge on any atom is -0.375 e. The Kier molecular flexibility index (Phi) is 5.92. The monoisotopic (exact) mass is 386 g/mol. The summed E-state index contributed by atoms with van der Waals surface area (Å²) in [5, 5.41) is 3.28. The van der Waals surface area contributed by atoms with Crippen molar-refractivity contribution in [2.75, 3.05) is 39.3 Å². The topological polar surface area (TPSA) is 74.8 Å². The zero-order chi connectivity index (χ0) is 19.4. The molecule has 1 aromatic heterocycles. The molecule has 0 radical (unpaired) electrons. The molecule has 1 N–H and O–H groups in total. The number of pyridine rings is 1. The van der Waals surface area contributed by atoms with Gasteiger partial charge in [0.25, 0.3) is 0 Å². The molecule has 1 atom stereocenters. The third kappa shape index (κ3) is 4.52. The van der Waals surface area contributed by atoms with Gasteiger partial charge in [0, 0.05) is 58.1 Å². The highest BCUT2D eigenvalue weighted by molar-refractivity contribution is 5.78. The molecule has 7 nitrogen and oxygen atoms in total. The molecule has 1 spiro atoms. The molecule has 1 aromatic rings. The second kappa shape index (κ2) is 8.57. The zero-order valence-electron chi connectivity index (χ0n) is 16.4. The number of ether oxygens (including phenoxy) is 1. The van der Waals surface area contributed by atoms with Crippen molar-refractivity contribution in [1.82, 2.24) is 20.1 Å². The lowest BCUT2D eigenvalue weighted by Gasteiger charge is -2.47. The van der Waals surface area contributed by atoms with Gasteiger partial charge in [-0.25, -0.2) is 0 Å². The number of nitrogens with one attached hydrogen (secondary N) is 1. The summed E-state index contributed by atoms with van der Waals surface area (Å²) in [6.45, 7) is 5.33. The molecule has 4 heterocycles. The number of amides is 2. The fraction of sp³-hybridized carbons (Fsp3) is 0.667. The van der Waals surface area contributed by atoms with Gasteiger partial charge in [0.05, 0.1) is 19.1 Å². The van der Waals surface area contributed by atoms with E-state index < -0.39 is 0 Å². The Morgan fingerprint density at radius 1 is 1.25 bits per heavy atom. The van der Waals surface area contributed by atoms with Crippen molar-refractivity contribution in [3.8, 4) is 0 Å². The fourth-order valence-corrected chi connectivity index (χ4v) is 4.67. The minimum atomic E-state index is 0.000271. The molecule has 0 saturated carbocycles. The van der Waals surface area contributed by atoms with Gasteiger partial charge in [0.2, 0.25) is 11.8 Å². The second-order valence-corrected chi connectivity index (χ2v) is 8.39. The van der Waals surface area contributed by atoms with Crippen LogP contribution >= 0.6 is 0 Å². The van der Waals surface area contributed by atoms with Crippen LogP contribution in [0.1, 0.15) is 37.7 Å². The van der Waals surface area contributed by atoms with Crippen LogP contribution in [-0.4, -0.2) is 72.0 Å². The summed E-state index contributed by atoms with van der Waals surface area (Å²) < 4.78 is 5.67. The van der Waals surface area contributed by atoms with Crippen molar-refractivity contribution >= 4 is 11.8 Å². The van der Waals surface area contributed by atoms with E-state index in [2.05, 4.69) is 10.3 Å². The van der Waals surface area contributed by atoms with Crippen molar-refractivity contribution in [2.24, 2.45) is 5.41 Å². The van der Waals surface area contributed by atoms with E-state index in [1.165, 1.54) is 0 Å². The van der Waals surface area contributed by atoms with Gasteiger partial charge in [-0.15, -0.1) is 0 Å². The molecule has 2 amide bonds. The lowest BCUT2D eigenvalue weighted by Crippen LogP contribution is -2.52. The van der Waals surface area contributed by atoms with Crippen molar-refractivity contribution in [1.29, 1.82) is 0 Å². The number of nitrogens with zero attached hydrogens (tertiary/aromatic N) is 3. The summed E-state index contributed by atoms with van der Waals surface area (Å²) in [4.78, 5) is 33.1. The van der Waals surface area contributed by atoms with E-state index in [1.54, 1.807) is 12.4 Å². The van der Waals surface area contributed by atoms with Crippen molar-refractivity contribution in [2.45, 2.75) is 44.8 Å². The maximum absolute atomic E-state index is 12.6. The Bertz CT molecular complexity index is 682. The van der Waals surface area contributed by atoms with Gasteiger partial charge in [-0.1, -0.05) is 0 Å². The maximum Gasteiger partial charge on any atom is 0.225 e. The number of hydrogen-bond donors (Lipinski definition) is 1. The standard InChI is InChI=1S/C21H30N4O3/c26-19-1-4-21(16-25(19)15-17-2-7-22-8-3-17)5-10-24(11-6-21)20(27)13-18-14-23-9-12-28-18/h2-3,7-8,18,23H,1,4-6,9-16H2/t18-/m1/s1. The van der Waals surface area contributed by atoms with Gasteiger partial charge in [-0.3, -0.25) is 14.6 Å². The van der Waals surface area contributed by atoms with Crippen LogP contribution in [0.2, 0.25) is 0 Å². The second-order valence-electron chi connectivity index (χ2n) is 8.39. The molecule has 3 saturated heterocycles. The van der Waals surface area contributed by atoms with Gasteiger partial charge < -0.3 is 19.9 Å². The number of aromatic nitrogens is 1. The SMILES string of the molecule is O=C(C[C@@H]1CNCCO1)N1CCC2(CCC(=O)N(Cc3ccncc3)C2)CC1. The molecule has 3 fully saturated rings. The van der Waals surface area contributed by atoms with E-state index in [9.17, 15) is 9.59 Å². The molecule has 3 aliphatic heterocycles. The molecular weight excluding hydrogens is 356 g/mol. The molecule has 0 aliphatic carbocycles. The summed E-state index contributed by atoms with van der Waals surface area (Å²) in [6, 6.07) is 3.94. The molecule has 3 aliphatic rings. The Morgan fingerprint density at radius 2 is 2.04 bits per heavy atom. The number of hydrogen-bond acceptors (Lipinski definition) is 5. The van der Waals surface area contributed by atoms with Crippen LogP contribution in [0.25, 0.3) is 0 Å². The minimum absolute atomic E-state index is 0.000271. The average Bonchev–Trinajstić information content (AvgIpc) is 2.73. The van der Waals surface area contributed by atoms with Gasteiger partial charge >= 0.3 is 0 Å². The Morgan fingerprint density at radius 3 is 2.75 bits per heavy atom. The summed E-state index contributed by atoms with van der Waals surface area (Å²) in [7, 11) is 0. The van der Waals surface area contributed by atoms with E-state index >= 15 is 0 Å². The van der Waals surface area contributed by atoms with Crippen LogP contribution in [0, 0.1) is 5.41 Å². The van der Waals surface area contributed by atoms with E-state index in [4.69, 9.17) is 4.74 Å². The summed E-state index contributed by atoms with van der Waals surface area (Å²) in [5.41, 5.74) is 1.27. The summed E-state index contributed by atoms with van der Waals surface area (Å²) in [6.07, 6.45) is 7.51. The number of morpholine rings is 1. The van der Waals surface area contributed by atoms with E-state index in [-0.39, 0.29) is 23.3 Å². The first-order valence-electron chi connectivity index (χ1n) is 10.4. The normalized spacial score (nSPS) is 25.1. The van der Waals surface area contributed by atoms with E-state index in [0.29, 0.717) is 26.0 Å². The van der Waals surface area contributed by atoms with Crippen LogP contribution in [-0.2, 0) is 20.9 Å². The first-order valence-corrected chi connectivity index (χ1v) is 10.4. The third-order valence-corrected chi connectivity index (χ3v) is 6.45. The number of rotatable bonds is 4. The van der Waals surface area contributed by atoms with E-state index in [0.717, 1.165) is 57.5 Å². The number of piperidine rings is 2. The van der Waals surface area contributed by atoms with Gasteiger partial charge in [0.15, 0.2) is 0 Å². The highest BCUT2D eigenvalue weighted by Gasteiger charge is 2.41. The summed E-state index contributed by atoms with van der Waals surface area (Å²) >= 11 is 0. The predicted octanol–water partition coefficient (Wildman–Crippen LogP) is 1.19. The van der Waals surface area contributed by atoms with Crippen molar-refractivity contribution in [3.63, 3.8) is 0 Å². The third-order valence-electron chi connectivity index (χ3n) is 6.45. The Balaban J connectivity index is 1.31. The lowest BCUT2D eigenvalue weighted by molar-refractivity contribution is -0.144. The first-order chi connectivity index (χ1) is 13.6. The highest BCUT2D eigenvalue weighted by Crippen LogP contribution is 2.40. The number of carbonyl (C=O) groups is 2. The van der Waals surface area contributed by atoms with Crippen LogP contribution in [0.4, 0.5) is 0 Å². The van der Waals surface area contributed by atoms with Gasteiger partial charge in [0.1, 0.15) is 0 Å². The predicted molar refractivity (Wildman–Crippen MR) is 104 cm³/mol. The molecule has 7 heteroatoms. The smallest absolute Gasteiger partial charge is 0.225 e. The average molecular weight is 386 g/mol. The van der Waals surface area contributed by atoms with Crippen molar-refractivity contribution < 1.29 is 14.3 Å². The van der Waals surface area contributed by atoms with Crippen LogP contribution in [0.5, 0.6) is 0 Å². The Hall–Kier alpha value is -1.99. The Labute approximate surface area is 166 Å². The van der Waals surface area contributed by atoms with Crippen LogP contribution < -0.4 is 5.32 Å². The maximum atomic E-state index is 12.6. The van der Waals surface area contributed by atoms with Crippen LogP contribution in [0.3, 0.4) is 0 Å².